The number of benzene rings is 2. The van der Waals surface area contributed by atoms with Crippen LogP contribution < -0.4 is 9.80 Å². The van der Waals surface area contributed by atoms with Gasteiger partial charge in [0, 0.05) is 39.6 Å². The van der Waals surface area contributed by atoms with E-state index < -0.39 is 0 Å². The fourth-order valence-electron chi connectivity index (χ4n) is 3.45. The molecule has 1 aromatic heterocycles. The summed E-state index contributed by atoms with van der Waals surface area (Å²) in [7, 11) is 8.29. The zero-order chi connectivity index (χ0) is 18.8. The fraction of sp³-hybridized carbons (Fsp3) is 0.304. The topological polar surface area (TPSA) is 19.6 Å². The lowest BCUT2D eigenvalue weighted by Gasteiger charge is -2.23. The van der Waals surface area contributed by atoms with Gasteiger partial charge in [0.1, 0.15) is 5.76 Å². The summed E-state index contributed by atoms with van der Waals surface area (Å²) in [6.45, 7) is 4.36. The average Bonchev–Trinajstić information content (AvgIpc) is 3.11. The van der Waals surface area contributed by atoms with Crippen molar-refractivity contribution in [2.45, 2.75) is 19.8 Å². The number of aryl methyl sites for hydroxylation is 2. The van der Waals surface area contributed by atoms with Gasteiger partial charge in [-0.05, 0) is 72.5 Å². The summed E-state index contributed by atoms with van der Waals surface area (Å²) in [5, 5.41) is 0. The van der Waals surface area contributed by atoms with Gasteiger partial charge in [0.05, 0.1) is 12.2 Å². The molecular formula is C23H28N2O. The second-order valence-corrected chi connectivity index (χ2v) is 7.32. The molecule has 0 atom stereocenters. The van der Waals surface area contributed by atoms with Crippen molar-refractivity contribution in [2.24, 2.45) is 0 Å². The van der Waals surface area contributed by atoms with E-state index in [-0.39, 0.29) is 5.92 Å². The summed E-state index contributed by atoms with van der Waals surface area (Å²) in [6.07, 6.45) is 1.76. The quantitative estimate of drug-likeness (QED) is 0.631. The van der Waals surface area contributed by atoms with Gasteiger partial charge in [-0.15, -0.1) is 0 Å². The van der Waals surface area contributed by atoms with Crippen molar-refractivity contribution < 1.29 is 4.42 Å². The maximum atomic E-state index is 5.85. The molecule has 0 spiro atoms. The van der Waals surface area contributed by atoms with Crippen LogP contribution in [0.25, 0.3) is 0 Å². The minimum Gasteiger partial charge on any atom is -0.468 e. The first-order valence-electron chi connectivity index (χ1n) is 8.97. The van der Waals surface area contributed by atoms with Crippen molar-refractivity contribution in [1.82, 2.24) is 0 Å². The van der Waals surface area contributed by atoms with E-state index in [2.05, 4.69) is 94.3 Å². The SMILES string of the molecule is Cc1cc(N(C)C)ccc1C(c1ccco1)c1ccc(N(C)C)cc1C. The second-order valence-electron chi connectivity index (χ2n) is 7.32. The monoisotopic (exact) mass is 348 g/mol. The van der Waals surface area contributed by atoms with Crippen LogP contribution in [0.1, 0.15) is 33.9 Å². The Balaban J connectivity index is 2.14. The number of nitrogens with zero attached hydrogens (tertiary/aromatic N) is 2. The van der Waals surface area contributed by atoms with Crippen LogP contribution in [0.15, 0.2) is 59.2 Å². The van der Waals surface area contributed by atoms with Crippen LogP contribution in [0.4, 0.5) is 11.4 Å². The van der Waals surface area contributed by atoms with Crippen LogP contribution in [-0.2, 0) is 0 Å². The molecule has 136 valence electrons. The first-order valence-corrected chi connectivity index (χ1v) is 8.97. The zero-order valence-corrected chi connectivity index (χ0v) is 16.6. The van der Waals surface area contributed by atoms with E-state index >= 15 is 0 Å². The van der Waals surface area contributed by atoms with Gasteiger partial charge in [0.15, 0.2) is 0 Å². The number of anilines is 2. The van der Waals surface area contributed by atoms with Crippen molar-refractivity contribution in [3.05, 3.63) is 82.8 Å². The maximum Gasteiger partial charge on any atom is 0.115 e. The Hall–Kier alpha value is -2.68. The molecule has 0 bridgehead atoms. The maximum absolute atomic E-state index is 5.85. The lowest BCUT2D eigenvalue weighted by Crippen LogP contribution is -2.12. The molecule has 0 unspecified atom stereocenters. The summed E-state index contributed by atoms with van der Waals surface area (Å²) in [5.74, 6) is 1.07. The standard InChI is InChI=1S/C23H28N2O/c1-16-14-18(24(3)4)9-11-20(16)23(22-8-7-13-26-22)21-12-10-19(25(5)6)15-17(21)2/h7-15,23H,1-6H3. The van der Waals surface area contributed by atoms with E-state index in [1.54, 1.807) is 6.26 Å². The molecule has 26 heavy (non-hydrogen) atoms. The van der Waals surface area contributed by atoms with Crippen molar-refractivity contribution in [3.63, 3.8) is 0 Å². The Morgan fingerprint density at radius 1 is 0.731 bits per heavy atom. The predicted molar refractivity (Wildman–Crippen MR) is 111 cm³/mol. The molecule has 3 nitrogen and oxygen atoms in total. The predicted octanol–water partition coefficient (Wildman–Crippen LogP) is 5.21. The Kier molecular flexibility index (Phi) is 5.08. The molecule has 0 aliphatic rings. The van der Waals surface area contributed by atoms with Gasteiger partial charge >= 0.3 is 0 Å². The van der Waals surface area contributed by atoms with Gasteiger partial charge in [-0.2, -0.15) is 0 Å². The molecule has 3 aromatic rings. The van der Waals surface area contributed by atoms with Gasteiger partial charge < -0.3 is 14.2 Å². The van der Waals surface area contributed by atoms with Crippen LogP contribution >= 0.6 is 0 Å². The Bertz CT molecular complexity index is 822. The minimum absolute atomic E-state index is 0.0948. The highest BCUT2D eigenvalue weighted by Crippen LogP contribution is 2.37. The third-order valence-corrected chi connectivity index (χ3v) is 4.99. The average molecular weight is 348 g/mol. The minimum atomic E-state index is 0.0948. The summed E-state index contributed by atoms with van der Waals surface area (Å²) in [6, 6.07) is 17.4. The molecule has 0 N–H and O–H groups in total. The van der Waals surface area contributed by atoms with Crippen LogP contribution in [0.3, 0.4) is 0 Å². The highest BCUT2D eigenvalue weighted by molar-refractivity contribution is 5.57. The molecule has 0 aliphatic carbocycles. The number of hydrogen-bond acceptors (Lipinski definition) is 3. The molecule has 3 rings (SSSR count). The van der Waals surface area contributed by atoms with E-state index in [9.17, 15) is 0 Å². The first-order chi connectivity index (χ1) is 12.4. The summed E-state index contributed by atoms with van der Waals surface area (Å²) < 4.78 is 5.85. The zero-order valence-electron chi connectivity index (χ0n) is 16.6. The second kappa shape index (κ2) is 7.28. The molecule has 2 aromatic carbocycles. The number of hydrogen-bond donors (Lipinski definition) is 0. The van der Waals surface area contributed by atoms with Gasteiger partial charge in [0.2, 0.25) is 0 Å². The van der Waals surface area contributed by atoms with Gasteiger partial charge in [-0.3, -0.25) is 0 Å². The molecule has 0 fully saturated rings. The molecule has 3 heteroatoms. The van der Waals surface area contributed by atoms with E-state index in [1.165, 1.54) is 33.6 Å². The number of furan rings is 1. The van der Waals surface area contributed by atoms with E-state index in [0.29, 0.717) is 0 Å². The van der Waals surface area contributed by atoms with Crippen molar-refractivity contribution in [2.75, 3.05) is 38.0 Å². The molecular weight excluding hydrogens is 320 g/mol. The smallest absolute Gasteiger partial charge is 0.115 e. The third kappa shape index (κ3) is 3.48. The van der Waals surface area contributed by atoms with Gasteiger partial charge in [0.25, 0.3) is 0 Å². The molecule has 0 amide bonds. The molecule has 0 aliphatic heterocycles. The number of rotatable bonds is 5. The van der Waals surface area contributed by atoms with Crippen LogP contribution in [0.5, 0.6) is 0 Å². The van der Waals surface area contributed by atoms with Crippen LogP contribution in [0.2, 0.25) is 0 Å². The first kappa shape index (κ1) is 18.1. The van der Waals surface area contributed by atoms with Gasteiger partial charge in [-0.25, -0.2) is 0 Å². The van der Waals surface area contributed by atoms with Crippen LogP contribution in [0, 0.1) is 13.8 Å². The highest BCUT2D eigenvalue weighted by Gasteiger charge is 2.23. The van der Waals surface area contributed by atoms with Gasteiger partial charge in [-0.1, -0.05) is 12.1 Å². The Morgan fingerprint density at radius 3 is 1.58 bits per heavy atom. The molecule has 0 saturated carbocycles. The molecule has 0 radical (unpaired) electrons. The van der Waals surface area contributed by atoms with E-state index in [4.69, 9.17) is 4.42 Å². The lowest BCUT2D eigenvalue weighted by molar-refractivity contribution is 0.502. The third-order valence-electron chi connectivity index (χ3n) is 4.99. The largest absolute Gasteiger partial charge is 0.468 e. The Morgan fingerprint density at radius 2 is 1.23 bits per heavy atom. The summed E-state index contributed by atoms with van der Waals surface area (Å²) in [5.41, 5.74) is 7.54. The van der Waals surface area contributed by atoms with Crippen molar-refractivity contribution in [1.29, 1.82) is 0 Å². The van der Waals surface area contributed by atoms with Crippen molar-refractivity contribution in [3.8, 4) is 0 Å². The molecule has 0 saturated heterocycles. The fourth-order valence-corrected chi connectivity index (χ4v) is 3.45. The summed E-state index contributed by atoms with van der Waals surface area (Å²) in [4.78, 5) is 4.27. The van der Waals surface area contributed by atoms with E-state index in [1.807, 2.05) is 6.07 Å². The van der Waals surface area contributed by atoms with Crippen LogP contribution in [-0.4, -0.2) is 28.2 Å². The Labute approximate surface area is 156 Å². The molecule has 1 heterocycles. The normalized spacial score (nSPS) is 11.0. The van der Waals surface area contributed by atoms with Crippen molar-refractivity contribution >= 4 is 11.4 Å². The highest BCUT2D eigenvalue weighted by atomic mass is 16.3. The lowest BCUT2D eigenvalue weighted by atomic mass is 9.84. The van der Waals surface area contributed by atoms with E-state index in [0.717, 1.165) is 5.76 Å². The summed E-state index contributed by atoms with van der Waals surface area (Å²) >= 11 is 0.